The summed E-state index contributed by atoms with van der Waals surface area (Å²) in [6, 6.07) is 0. The molecule has 0 aromatic rings. The molecule has 0 saturated heterocycles. The Labute approximate surface area is 266 Å². The summed E-state index contributed by atoms with van der Waals surface area (Å²) < 4.78 is 5.97. The first-order valence-electron chi connectivity index (χ1n) is 16.4. The lowest BCUT2D eigenvalue weighted by molar-refractivity contribution is -0.205. The molecule has 0 amide bonds. The Kier molecular flexibility index (Phi) is 22.7. The SMILES string of the molecule is CCCCCCCCCC(OC(CCCCCCCCC)(C(=O)C(O)CO)C(=O)C(O)CO)(C(=O)C(O)CO)C(=O)C(O)CO. The highest BCUT2D eigenvalue weighted by Crippen LogP contribution is 2.37. The largest absolute Gasteiger partial charge is 0.393 e. The Bertz CT molecular complexity index is 750. The van der Waals surface area contributed by atoms with Crippen LogP contribution in [0.2, 0.25) is 0 Å². The van der Waals surface area contributed by atoms with Gasteiger partial charge in [-0.2, -0.15) is 0 Å². The van der Waals surface area contributed by atoms with E-state index in [9.17, 15) is 60.0 Å². The monoisotopic (exact) mass is 650 g/mol. The van der Waals surface area contributed by atoms with Crippen molar-refractivity contribution in [3.63, 3.8) is 0 Å². The van der Waals surface area contributed by atoms with Crippen LogP contribution in [0, 0.1) is 0 Å². The molecule has 264 valence electrons. The summed E-state index contributed by atoms with van der Waals surface area (Å²) in [7, 11) is 0. The maximum absolute atomic E-state index is 13.7. The number of carbonyl (C=O) groups is 4. The van der Waals surface area contributed by atoms with Gasteiger partial charge in [0.15, 0.2) is 11.2 Å². The fraction of sp³-hybridized carbons (Fsp3) is 0.875. The van der Waals surface area contributed by atoms with Gasteiger partial charge in [-0.05, 0) is 25.7 Å². The van der Waals surface area contributed by atoms with Gasteiger partial charge in [-0.1, -0.05) is 90.9 Å². The van der Waals surface area contributed by atoms with E-state index in [2.05, 4.69) is 0 Å². The first kappa shape index (κ1) is 43.3. The maximum atomic E-state index is 13.7. The highest BCUT2D eigenvalue weighted by molar-refractivity contribution is 6.17. The summed E-state index contributed by atoms with van der Waals surface area (Å²) in [5.74, 6) is -6.02. The minimum absolute atomic E-state index is 0.0426. The molecular formula is C32H58O13. The molecule has 0 spiro atoms. The molecule has 4 unspecified atom stereocenters. The average molecular weight is 651 g/mol. The number of unbranched alkanes of at least 4 members (excludes halogenated alkanes) is 12. The molecule has 0 fully saturated rings. The molecule has 0 bridgehead atoms. The standard InChI is InChI=1S/C32H58O13/c1-3-5-7-9-11-13-15-17-31(27(41)23(37)19-33,28(42)24(38)20-34)45-32(29(43)25(39)21-35,30(44)26(40)22-36)18-16-14-12-10-8-6-4-2/h23-26,33-40H,3-22H2,1-2H3. The Hall–Kier alpha value is -1.68. The second-order valence-electron chi connectivity index (χ2n) is 11.7. The van der Waals surface area contributed by atoms with E-state index in [0.717, 1.165) is 51.4 Å². The normalized spacial score (nSPS) is 17.1. The molecule has 0 saturated carbocycles. The lowest BCUT2D eigenvalue weighted by Crippen LogP contribution is -2.67. The van der Waals surface area contributed by atoms with E-state index < -0.39 is 98.0 Å². The lowest BCUT2D eigenvalue weighted by atomic mass is 9.77. The quantitative estimate of drug-likeness (QED) is 0.0390. The van der Waals surface area contributed by atoms with E-state index in [-0.39, 0.29) is 12.8 Å². The third-order valence-electron chi connectivity index (χ3n) is 8.11. The Morgan fingerprint density at radius 1 is 0.444 bits per heavy atom. The Morgan fingerprint density at radius 2 is 0.667 bits per heavy atom. The van der Waals surface area contributed by atoms with E-state index in [0.29, 0.717) is 25.7 Å². The highest BCUT2D eigenvalue weighted by atomic mass is 16.5. The molecule has 13 nitrogen and oxygen atoms in total. The van der Waals surface area contributed by atoms with Crippen LogP contribution in [0.1, 0.15) is 117 Å². The van der Waals surface area contributed by atoms with Crippen molar-refractivity contribution in [2.75, 3.05) is 26.4 Å². The van der Waals surface area contributed by atoms with Gasteiger partial charge in [0, 0.05) is 0 Å². The van der Waals surface area contributed by atoms with E-state index in [1.54, 1.807) is 0 Å². The Morgan fingerprint density at radius 3 is 0.889 bits per heavy atom. The summed E-state index contributed by atoms with van der Waals surface area (Å²) in [5, 5.41) is 80.3. The van der Waals surface area contributed by atoms with E-state index in [1.807, 2.05) is 13.8 Å². The predicted octanol–water partition coefficient (Wildman–Crippen LogP) is 0.451. The van der Waals surface area contributed by atoms with Crippen LogP contribution in [0.4, 0.5) is 0 Å². The third kappa shape index (κ3) is 13.2. The summed E-state index contributed by atoms with van der Waals surface area (Å²) in [6.45, 7) is -0.707. The number of hydrogen-bond donors (Lipinski definition) is 8. The van der Waals surface area contributed by atoms with Crippen molar-refractivity contribution < 1.29 is 64.8 Å². The number of carbonyl (C=O) groups excluding carboxylic acids is 4. The zero-order valence-corrected chi connectivity index (χ0v) is 27.1. The van der Waals surface area contributed by atoms with Gasteiger partial charge in [-0.25, -0.2) is 0 Å². The van der Waals surface area contributed by atoms with Crippen molar-refractivity contribution in [3.8, 4) is 0 Å². The van der Waals surface area contributed by atoms with Gasteiger partial charge in [0.25, 0.3) is 0 Å². The summed E-state index contributed by atoms with van der Waals surface area (Å²) in [4.78, 5) is 55.0. The fourth-order valence-electron chi connectivity index (χ4n) is 5.41. The minimum Gasteiger partial charge on any atom is -0.393 e. The smallest absolute Gasteiger partial charge is 0.203 e. The van der Waals surface area contributed by atoms with Crippen molar-refractivity contribution in [1.29, 1.82) is 0 Å². The van der Waals surface area contributed by atoms with Gasteiger partial charge in [0.1, 0.15) is 24.4 Å². The number of aliphatic hydroxyl groups is 8. The molecule has 8 N–H and O–H groups in total. The minimum atomic E-state index is -3.01. The van der Waals surface area contributed by atoms with Crippen molar-refractivity contribution in [1.82, 2.24) is 0 Å². The van der Waals surface area contributed by atoms with Crippen LogP contribution >= 0.6 is 0 Å². The zero-order valence-electron chi connectivity index (χ0n) is 27.1. The topological polar surface area (TPSA) is 239 Å². The number of aliphatic hydroxyl groups excluding tert-OH is 8. The molecule has 0 heterocycles. The van der Waals surface area contributed by atoms with E-state index in [4.69, 9.17) is 4.74 Å². The summed E-state index contributed by atoms with van der Waals surface area (Å²) >= 11 is 0. The van der Waals surface area contributed by atoms with Crippen molar-refractivity contribution in [2.24, 2.45) is 0 Å². The third-order valence-corrected chi connectivity index (χ3v) is 8.11. The molecule has 13 heteroatoms. The first-order valence-corrected chi connectivity index (χ1v) is 16.4. The zero-order chi connectivity index (χ0) is 34.5. The predicted molar refractivity (Wildman–Crippen MR) is 164 cm³/mol. The second kappa shape index (κ2) is 23.6. The van der Waals surface area contributed by atoms with Gasteiger partial charge in [0.2, 0.25) is 23.1 Å². The number of ketones is 4. The molecule has 0 aliphatic heterocycles. The van der Waals surface area contributed by atoms with Crippen LogP contribution in [0.15, 0.2) is 0 Å². The number of hydrogen-bond acceptors (Lipinski definition) is 13. The van der Waals surface area contributed by atoms with Crippen molar-refractivity contribution in [2.45, 2.75) is 152 Å². The molecule has 0 aliphatic carbocycles. The van der Waals surface area contributed by atoms with Gasteiger partial charge in [-0.15, -0.1) is 0 Å². The number of ether oxygens (including phenoxy) is 1. The van der Waals surface area contributed by atoms with Crippen LogP contribution in [0.25, 0.3) is 0 Å². The maximum Gasteiger partial charge on any atom is 0.203 e. The molecule has 4 atom stereocenters. The van der Waals surface area contributed by atoms with Crippen molar-refractivity contribution in [3.05, 3.63) is 0 Å². The van der Waals surface area contributed by atoms with Crippen LogP contribution < -0.4 is 0 Å². The van der Waals surface area contributed by atoms with Crippen molar-refractivity contribution >= 4 is 23.1 Å². The lowest BCUT2D eigenvalue weighted by Gasteiger charge is -2.43. The fourth-order valence-corrected chi connectivity index (χ4v) is 5.41. The molecular weight excluding hydrogens is 592 g/mol. The average Bonchev–Trinajstić information content (AvgIpc) is 3.06. The van der Waals surface area contributed by atoms with Gasteiger partial charge in [-0.3, -0.25) is 19.2 Å². The molecule has 45 heavy (non-hydrogen) atoms. The van der Waals surface area contributed by atoms with Crippen LogP contribution in [0.3, 0.4) is 0 Å². The molecule has 0 aromatic heterocycles. The van der Waals surface area contributed by atoms with Gasteiger partial charge >= 0.3 is 0 Å². The summed E-state index contributed by atoms with van der Waals surface area (Å²) in [5.41, 5.74) is -6.02. The summed E-state index contributed by atoms with van der Waals surface area (Å²) in [6.07, 6.45) is -0.544. The second-order valence-corrected chi connectivity index (χ2v) is 11.7. The number of rotatable bonds is 30. The molecule has 0 aliphatic rings. The first-order chi connectivity index (χ1) is 21.4. The van der Waals surface area contributed by atoms with Crippen LogP contribution in [-0.2, 0) is 23.9 Å². The Balaban J connectivity index is 7.09. The molecule has 0 aromatic carbocycles. The molecule has 0 rings (SSSR count). The van der Waals surface area contributed by atoms with E-state index >= 15 is 0 Å². The number of Topliss-reactive ketones (excluding diaryl/α,β-unsaturated/α-hetero) is 4. The van der Waals surface area contributed by atoms with E-state index in [1.165, 1.54) is 0 Å². The van der Waals surface area contributed by atoms with Crippen LogP contribution in [-0.4, -0.2) is 126 Å². The van der Waals surface area contributed by atoms with Crippen LogP contribution in [0.5, 0.6) is 0 Å². The van der Waals surface area contributed by atoms with Gasteiger partial charge in [0.05, 0.1) is 26.4 Å². The van der Waals surface area contributed by atoms with Gasteiger partial charge < -0.3 is 45.6 Å². The molecule has 0 radical (unpaired) electrons. The highest BCUT2D eigenvalue weighted by Gasteiger charge is 2.60.